The summed E-state index contributed by atoms with van der Waals surface area (Å²) in [6.07, 6.45) is 0. The van der Waals surface area contributed by atoms with E-state index < -0.39 is 10.7 Å². The standard InChI is InChI=1S/C7H4BrClFNO2/c8-6-5(10)2-1-4(3-9)7(6)11(12)13/h1-2H,3H2. The highest BCUT2D eigenvalue weighted by atomic mass is 79.9. The number of nitro groups is 1. The van der Waals surface area contributed by atoms with Crippen LogP contribution in [0.5, 0.6) is 0 Å². The van der Waals surface area contributed by atoms with Crippen LogP contribution in [0.2, 0.25) is 0 Å². The number of nitrogens with zero attached hydrogens (tertiary/aromatic N) is 1. The highest BCUT2D eigenvalue weighted by Gasteiger charge is 2.20. The van der Waals surface area contributed by atoms with Gasteiger partial charge in [0.15, 0.2) is 0 Å². The van der Waals surface area contributed by atoms with Gasteiger partial charge < -0.3 is 0 Å². The normalized spacial score (nSPS) is 10.1. The van der Waals surface area contributed by atoms with E-state index >= 15 is 0 Å². The molecule has 0 saturated heterocycles. The van der Waals surface area contributed by atoms with Crippen molar-refractivity contribution in [3.05, 3.63) is 38.1 Å². The second-order valence-electron chi connectivity index (χ2n) is 2.26. The number of benzene rings is 1. The maximum atomic E-state index is 12.9. The molecule has 0 aromatic heterocycles. The summed E-state index contributed by atoms with van der Waals surface area (Å²) in [5, 5.41) is 10.5. The molecule has 70 valence electrons. The zero-order valence-corrected chi connectivity index (χ0v) is 8.60. The lowest BCUT2D eigenvalue weighted by Gasteiger charge is -2.01. The number of halogens is 3. The Morgan fingerprint density at radius 2 is 2.23 bits per heavy atom. The monoisotopic (exact) mass is 267 g/mol. The molecule has 0 radical (unpaired) electrons. The SMILES string of the molecule is O=[N+]([O-])c1c(CCl)ccc(F)c1Br. The number of alkyl halides is 1. The smallest absolute Gasteiger partial charge is 0.258 e. The van der Waals surface area contributed by atoms with Crippen LogP contribution < -0.4 is 0 Å². The van der Waals surface area contributed by atoms with Gasteiger partial charge in [-0.2, -0.15) is 0 Å². The maximum Gasteiger partial charge on any atom is 0.290 e. The van der Waals surface area contributed by atoms with Crippen LogP contribution in [0.15, 0.2) is 16.6 Å². The molecular weight excluding hydrogens is 264 g/mol. The molecule has 0 aliphatic rings. The lowest BCUT2D eigenvalue weighted by molar-refractivity contribution is -0.386. The van der Waals surface area contributed by atoms with Gasteiger partial charge in [-0.05, 0) is 28.1 Å². The Morgan fingerprint density at radius 1 is 1.62 bits per heavy atom. The zero-order valence-electron chi connectivity index (χ0n) is 6.26. The third-order valence-electron chi connectivity index (χ3n) is 1.48. The fraction of sp³-hybridized carbons (Fsp3) is 0.143. The van der Waals surface area contributed by atoms with Crippen molar-refractivity contribution in [2.75, 3.05) is 0 Å². The molecule has 6 heteroatoms. The topological polar surface area (TPSA) is 43.1 Å². The first-order valence-corrected chi connectivity index (χ1v) is 4.58. The predicted molar refractivity (Wildman–Crippen MR) is 50.3 cm³/mol. The largest absolute Gasteiger partial charge is 0.290 e. The summed E-state index contributed by atoms with van der Waals surface area (Å²) in [5.41, 5.74) is -0.0186. The molecule has 0 amide bonds. The molecule has 0 N–H and O–H groups in total. The third-order valence-corrected chi connectivity index (χ3v) is 2.52. The third kappa shape index (κ3) is 1.97. The van der Waals surface area contributed by atoms with E-state index in [0.29, 0.717) is 5.56 Å². The van der Waals surface area contributed by atoms with Gasteiger partial charge in [-0.3, -0.25) is 10.1 Å². The van der Waals surface area contributed by atoms with Crippen LogP contribution >= 0.6 is 27.5 Å². The molecule has 1 aromatic carbocycles. The number of rotatable bonds is 2. The van der Waals surface area contributed by atoms with E-state index in [0.717, 1.165) is 6.07 Å². The number of hydrogen-bond donors (Lipinski definition) is 0. The molecule has 3 nitrogen and oxygen atoms in total. The summed E-state index contributed by atoms with van der Waals surface area (Å²) in [4.78, 5) is 9.84. The average Bonchev–Trinajstić information content (AvgIpc) is 2.08. The highest BCUT2D eigenvalue weighted by Crippen LogP contribution is 2.31. The van der Waals surface area contributed by atoms with Gasteiger partial charge in [0.05, 0.1) is 10.8 Å². The lowest BCUT2D eigenvalue weighted by atomic mass is 10.2. The van der Waals surface area contributed by atoms with Crippen molar-refractivity contribution in [2.45, 2.75) is 5.88 Å². The molecule has 0 aliphatic heterocycles. The van der Waals surface area contributed by atoms with Crippen LogP contribution in [0.1, 0.15) is 5.56 Å². The molecule has 0 heterocycles. The first-order valence-electron chi connectivity index (χ1n) is 3.25. The van der Waals surface area contributed by atoms with Crippen molar-refractivity contribution in [1.82, 2.24) is 0 Å². The molecule has 0 fully saturated rings. The Balaban J connectivity index is 3.41. The van der Waals surface area contributed by atoms with E-state index in [9.17, 15) is 14.5 Å². The molecule has 0 atom stereocenters. The first kappa shape index (κ1) is 10.4. The summed E-state index contributed by atoms with van der Waals surface area (Å²) in [5.74, 6) is -0.685. The van der Waals surface area contributed by atoms with Crippen LogP contribution in [-0.2, 0) is 5.88 Å². The van der Waals surface area contributed by atoms with Crippen LogP contribution in [0.4, 0.5) is 10.1 Å². The number of nitro benzene ring substituents is 1. The van der Waals surface area contributed by atoms with Crippen LogP contribution in [-0.4, -0.2) is 4.92 Å². The zero-order chi connectivity index (χ0) is 10.0. The predicted octanol–water partition coefficient (Wildman–Crippen LogP) is 3.24. The molecule has 13 heavy (non-hydrogen) atoms. The Kier molecular flexibility index (Phi) is 3.22. The van der Waals surface area contributed by atoms with Crippen molar-refractivity contribution in [1.29, 1.82) is 0 Å². The van der Waals surface area contributed by atoms with Gasteiger partial charge in [0.1, 0.15) is 10.3 Å². The second kappa shape index (κ2) is 4.02. The summed E-state index contributed by atoms with van der Waals surface area (Å²) < 4.78 is 12.7. The Hall–Kier alpha value is -0.680. The van der Waals surface area contributed by atoms with Crippen LogP contribution in [0.3, 0.4) is 0 Å². The van der Waals surface area contributed by atoms with E-state index in [1.165, 1.54) is 6.07 Å². The highest BCUT2D eigenvalue weighted by molar-refractivity contribution is 9.10. The summed E-state index contributed by atoms with van der Waals surface area (Å²) in [6.45, 7) is 0. The Morgan fingerprint density at radius 3 is 2.69 bits per heavy atom. The van der Waals surface area contributed by atoms with Crippen molar-refractivity contribution in [3.63, 3.8) is 0 Å². The molecule has 0 aliphatic carbocycles. The van der Waals surface area contributed by atoms with Gasteiger partial charge in [0, 0.05) is 5.56 Å². The van der Waals surface area contributed by atoms with Gasteiger partial charge in [0.25, 0.3) is 5.69 Å². The van der Waals surface area contributed by atoms with Gasteiger partial charge >= 0.3 is 0 Å². The van der Waals surface area contributed by atoms with Crippen LogP contribution in [0.25, 0.3) is 0 Å². The fourth-order valence-corrected chi connectivity index (χ4v) is 1.63. The van der Waals surface area contributed by atoms with Crippen LogP contribution in [0, 0.1) is 15.9 Å². The quantitative estimate of drug-likeness (QED) is 0.469. The fourth-order valence-electron chi connectivity index (χ4n) is 0.885. The molecule has 0 spiro atoms. The minimum Gasteiger partial charge on any atom is -0.258 e. The minimum absolute atomic E-state index is 0.0187. The summed E-state index contributed by atoms with van der Waals surface area (Å²) in [6, 6.07) is 2.43. The second-order valence-corrected chi connectivity index (χ2v) is 3.32. The van der Waals surface area contributed by atoms with Gasteiger partial charge in [-0.15, -0.1) is 11.6 Å². The number of hydrogen-bond acceptors (Lipinski definition) is 2. The summed E-state index contributed by atoms with van der Waals surface area (Å²) >= 11 is 8.25. The van der Waals surface area contributed by atoms with Crippen molar-refractivity contribution in [2.24, 2.45) is 0 Å². The van der Waals surface area contributed by atoms with E-state index in [4.69, 9.17) is 11.6 Å². The van der Waals surface area contributed by atoms with Gasteiger partial charge in [-0.25, -0.2) is 4.39 Å². The van der Waals surface area contributed by atoms with E-state index in [2.05, 4.69) is 15.9 Å². The average molecular weight is 268 g/mol. The lowest BCUT2D eigenvalue weighted by Crippen LogP contribution is -1.96. The minimum atomic E-state index is -0.666. The Bertz CT molecular complexity index is 359. The molecular formula is C7H4BrClFNO2. The molecule has 1 rings (SSSR count). The first-order chi connectivity index (χ1) is 6.07. The molecule has 0 bridgehead atoms. The van der Waals surface area contributed by atoms with Crippen molar-refractivity contribution >= 4 is 33.2 Å². The molecule has 1 aromatic rings. The van der Waals surface area contributed by atoms with E-state index in [-0.39, 0.29) is 16.0 Å². The van der Waals surface area contributed by atoms with E-state index in [1.54, 1.807) is 0 Å². The molecule has 0 saturated carbocycles. The van der Waals surface area contributed by atoms with E-state index in [1.807, 2.05) is 0 Å². The maximum absolute atomic E-state index is 12.9. The molecule has 0 unspecified atom stereocenters. The van der Waals surface area contributed by atoms with Crippen molar-refractivity contribution in [3.8, 4) is 0 Å². The summed E-state index contributed by atoms with van der Waals surface area (Å²) in [7, 11) is 0. The Labute approximate surface area is 86.8 Å². The van der Waals surface area contributed by atoms with Gasteiger partial charge in [-0.1, -0.05) is 0 Å². The van der Waals surface area contributed by atoms with Gasteiger partial charge in [0.2, 0.25) is 0 Å². The van der Waals surface area contributed by atoms with Crippen molar-refractivity contribution < 1.29 is 9.31 Å².